The SMILES string of the molecule is CC(C)(C#Cc1ccc(-c2ccc(Cl)c3c(NS(=O)(=O)C4CC4)nn(CC(F)F)c23)c(C(Cc2cc(F)cc(F)c2)NC(=O)Cn2nc(C(F)(F)F)c3c2C(F)(F)C2CC32)n1)S(C)(=O)=O. The summed E-state index contributed by atoms with van der Waals surface area (Å²) in [6.07, 6.45) is -7.43. The topological polar surface area (TPSA) is 158 Å². The highest BCUT2D eigenvalue weighted by Crippen LogP contribution is 2.68. The van der Waals surface area contributed by atoms with Crippen molar-refractivity contribution in [2.24, 2.45) is 5.92 Å². The number of benzene rings is 2. The number of sulfonamides is 1. The van der Waals surface area contributed by atoms with Gasteiger partial charge in [-0.2, -0.15) is 32.1 Å². The number of aromatic nitrogens is 5. The Balaban J connectivity index is 1.32. The lowest BCUT2D eigenvalue weighted by atomic mass is 9.93. The highest BCUT2D eigenvalue weighted by atomic mass is 35.5. The number of alkyl halides is 7. The molecule has 5 aromatic rings. The molecule has 3 aliphatic rings. The number of pyridine rings is 1. The summed E-state index contributed by atoms with van der Waals surface area (Å²) in [6.45, 7) is 0.290. The molecule has 3 aliphatic carbocycles. The van der Waals surface area contributed by atoms with Crippen LogP contribution in [0.5, 0.6) is 0 Å². The summed E-state index contributed by atoms with van der Waals surface area (Å²) in [5.74, 6) is -4.86. The molecule has 2 fully saturated rings. The lowest BCUT2D eigenvalue weighted by Crippen LogP contribution is -2.35. The third-order valence-corrected chi connectivity index (χ3v) is 15.6. The van der Waals surface area contributed by atoms with Crippen LogP contribution in [0.15, 0.2) is 42.5 Å². The van der Waals surface area contributed by atoms with Crippen LogP contribution in [0.3, 0.4) is 0 Å². The number of halogens is 10. The van der Waals surface area contributed by atoms with Gasteiger partial charge in [0.2, 0.25) is 15.9 Å². The summed E-state index contributed by atoms with van der Waals surface area (Å²) in [7, 11) is -7.88. The fourth-order valence-corrected chi connectivity index (χ4v) is 9.74. The summed E-state index contributed by atoms with van der Waals surface area (Å²) >= 11 is 6.61. The van der Waals surface area contributed by atoms with Gasteiger partial charge in [-0.05, 0) is 87.3 Å². The number of amides is 1. The van der Waals surface area contributed by atoms with Crippen LogP contribution in [0.2, 0.25) is 5.02 Å². The Morgan fingerprint density at radius 2 is 1.65 bits per heavy atom. The van der Waals surface area contributed by atoms with Gasteiger partial charge in [-0.25, -0.2) is 39.4 Å². The Bertz CT molecular complexity index is 3070. The van der Waals surface area contributed by atoms with E-state index in [2.05, 4.69) is 37.1 Å². The summed E-state index contributed by atoms with van der Waals surface area (Å²) in [6, 6.07) is 5.93. The predicted octanol–water partition coefficient (Wildman–Crippen LogP) is 7.90. The molecule has 24 heteroatoms. The molecule has 0 aliphatic heterocycles. The summed E-state index contributed by atoms with van der Waals surface area (Å²) in [4.78, 5) is 18.7. The first-order chi connectivity index (χ1) is 30.2. The van der Waals surface area contributed by atoms with Crippen molar-refractivity contribution in [3.63, 3.8) is 0 Å². The second-order valence-corrected chi connectivity index (χ2v) is 21.6. The first-order valence-corrected chi connectivity index (χ1v) is 23.5. The molecule has 12 nitrogen and oxygen atoms in total. The number of nitrogens with one attached hydrogen (secondary N) is 2. The Morgan fingerprint density at radius 3 is 2.26 bits per heavy atom. The van der Waals surface area contributed by atoms with Crippen molar-refractivity contribution in [1.82, 2.24) is 29.9 Å². The van der Waals surface area contributed by atoms with E-state index < -0.39 is 126 Å². The zero-order valence-electron chi connectivity index (χ0n) is 34.0. The number of rotatable bonds is 13. The maximum atomic E-state index is 15.5. The number of hydrogen-bond acceptors (Lipinski definition) is 8. The smallest absolute Gasteiger partial charge is 0.346 e. The molecule has 3 heterocycles. The largest absolute Gasteiger partial charge is 0.435 e. The number of carbonyl (C=O) groups is 1. The molecule has 2 saturated carbocycles. The third-order valence-electron chi connectivity index (χ3n) is 11.5. The fourth-order valence-electron chi connectivity index (χ4n) is 7.92. The monoisotopic (exact) mass is 975 g/mol. The third kappa shape index (κ3) is 8.88. The van der Waals surface area contributed by atoms with Gasteiger partial charge < -0.3 is 5.32 Å². The van der Waals surface area contributed by atoms with Crippen LogP contribution in [0.1, 0.15) is 79.0 Å². The van der Waals surface area contributed by atoms with Crippen molar-refractivity contribution in [2.45, 2.75) is 93.1 Å². The average Bonchev–Trinajstić information content (AvgIpc) is 4.10. The first-order valence-electron chi connectivity index (χ1n) is 19.7. The molecule has 3 unspecified atom stereocenters. The average molecular weight is 976 g/mol. The first kappa shape index (κ1) is 46.2. The van der Waals surface area contributed by atoms with Crippen LogP contribution in [0.4, 0.5) is 45.3 Å². The van der Waals surface area contributed by atoms with E-state index >= 15 is 8.78 Å². The van der Waals surface area contributed by atoms with Crippen LogP contribution >= 0.6 is 11.6 Å². The molecule has 2 aromatic carbocycles. The van der Waals surface area contributed by atoms with Gasteiger partial charge in [0.1, 0.15) is 40.9 Å². The zero-order valence-corrected chi connectivity index (χ0v) is 36.4. The second kappa shape index (κ2) is 15.9. The highest BCUT2D eigenvalue weighted by molar-refractivity contribution is 7.93. The normalized spacial score (nSPS) is 18.6. The molecule has 65 heavy (non-hydrogen) atoms. The van der Waals surface area contributed by atoms with E-state index in [1.807, 2.05) is 0 Å². The van der Waals surface area contributed by atoms with Gasteiger partial charge in [0.05, 0.1) is 32.9 Å². The molecule has 8 rings (SSSR count). The summed E-state index contributed by atoms with van der Waals surface area (Å²) < 4.78 is 184. The number of carbonyl (C=O) groups excluding carboxylic acids is 1. The molecule has 3 atom stereocenters. The van der Waals surface area contributed by atoms with Crippen molar-refractivity contribution in [3.05, 3.63) is 93.0 Å². The zero-order chi connectivity index (χ0) is 47.3. The van der Waals surface area contributed by atoms with Gasteiger partial charge in [0.15, 0.2) is 21.3 Å². The lowest BCUT2D eigenvalue weighted by molar-refractivity contribution is -0.142. The molecule has 346 valence electrons. The van der Waals surface area contributed by atoms with E-state index in [1.54, 1.807) is 0 Å². The van der Waals surface area contributed by atoms with E-state index in [0.717, 1.165) is 23.1 Å². The van der Waals surface area contributed by atoms with Crippen LogP contribution in [0.25, 0.3) is 22.0 Å². The van der Waals surface area contributed by atoms with E-state index in [4.69, 9.17) is 11.6 Å². The van der Waals surface area contributed by atoms with Gasteiger partial charge in [-0.1, -0.05) is 23.6 Å². The van der Waals surface area contributed by atoms with Crippen molar-refractivity contribution in [1.29, 1.82) is 0 Å². The minimum atomic E-state index is -5.16. The maximum absolute atomic E-state index is 15.5. The molecule has 2 N–H and O–H groups in total. The molecule has 0 saturated heterocycles. The Morgan fingerprint density at radius 1 is 0.985 bits per heavy atom. The summed E-state index contributed by atoms with van der Waals surface area (Å²) in [5, 5.41) is 9.01. The molecular formula is C41H35ClF9N7O5S2. The maximum Gasteiger partial charge on any atom is 0.435 e. The summed E-state index contributed by atoms with van der Waals surface area (Å²) in [5.41, 5.74) is -4.22. The number of sulfone groups is 1. The second-order valence-electron chi connectivity index (χ2n) is 16.7. The number of hydrogen-bond donors (Lipinski definition) is 2. The van der Waals surface area contributed by atoms with Crippen LogP contribution in [-0.2, 0) is 56.3 Å². The van der Waals surface area contributed by atoms with Crippen molar-refractivity contribution >= 4 is 54.1 Å². The van der Waals surface area contributed by atoms with Crippen molar-refractivity contribution in [3.8, 4) is 23.0 Å². The Hall–Kier alpha value is -5.34. The quantitative estimate of drug-likeness (QED) is 0.0891. The Labute approximate surface area is 369 Å². The van der Waals surface area contributed by atoms with Gasteiger partial charge in [-0.15, -0.1) is 0 Å². The number of nitrogens with zero attached hydrogens (tertiary/aromatic N) is 5. The van der Waals surface area contributed by atoms with E-state index in [9.17, 15) is 52.4 Å². The van der Waals surface area contributed by atoms with Crippen LogP contribution < -0.4 is 10.0 Å². The number of fused-ring (bicyclic) bond motifs is 4. The fraction of sp³-hybridized carbons (Fsp3) is 0.415. The minimum absolute atomic E-state index is 0.0313. The van der Waals surface area contributed by atoms with Gasteiger partial charge >= 0.3 is 6.18 Å². The van der Waals surface area contributed by atoms with Crippen molar-refractivity contribution < 1.29 is 61.1 Å². The molecule has 0 bridgehead atoms. The van der Waals surface area contributed by atoms with Gasteiger partial charge in [-0.3, -0.25) is 18.9 Å². The van der Waals surface area contributed by atoms with E-state index in [0.29, 0.717) is 18.9 Å². The Kier molecular flexibility index (Phi) is 11.3. The lowest BCUT2D eigenvalue weighted by Gasteiger charge is -2.23. The van der Waals surface area contributed by atoms with Crippen LogP contribution in [0, 0.1) is 29.4 Å². The van der Waals surface area contributed by atoms with E-state index in [-0.39, 0.29) is 55.1 Å². The minimum Gasteiger partial charge on any atom is -0.346 e. The van der Waals surface area contributed by atoms with Gasteiger partial charge in [0.25, 0.3) is 12.3 Å². The molecule has 3 aromatic heterocycles. The van der Waals surface area contributed by atoms with E-state index in [1.165, 1.54) is 38.1 Å². The van der Waals surface area contributed by atoms with Crippen molar-refractivity contribution in [2.75, 3.05) is 11.0 Å². The predicted molar refractivity (Wildman–Crippen MR) is 218 cm³/mol. The highest BCUT2D eigenvalue weighted by Gasteiger charge is 2.68. The standard InChI is InChI=1S/C41H35ClF9N7O5S2/c1-39(2,64(3,60)61)11-10-22-4-7-24(25-8-9-28(42)33-35(25)57(17-30(45)46)55-38(33)56-65(62,63)23-5-6-23)34(52-22)29(14-19-12-20(43)15-21(44)13-19)53-31(59)18-58-37-32(36(54-58)41(49,50)51)26-16-27(26)40(37,47)48/h4,7-9,12-13,15,23,26-27,29-30H,5-6,14,16-18H2,1-3H3,(H,53,59)(H,55,56). The van der Waals surface area contributed by atoms with Gasteiger partial charge in [0, 0.05) is 34.9 Å². The number of anilines is 1. The molecule has 0 spiro atoms. The molecule has 0 radical (unpaired) electrons. The molecule has 1 amide bonds. The molecular weight excluding hydrogens is 941 g/mol. The van der Waals surface area contributed by atoms with Crippen LogP contribution in [-0.4, -0.2) is 70.0 Å².